The maximum absolute atomic E-state index is 12.3. The number of methoxy groups -OCH3 is 2. The lowest BCUT2D eigenvalue weighted by Crippen LogP contribution is -2.40. The van der Waals surface area contributed by atoms with Crippen molar-refractivity contribution in [3.8, 4) is 11.5 Å². The number of carbonyl (C=O) groups is 1. The predicted octanol–water partition coefficient (Wildman–Crippen LogP) is 3.50. The minimum Gasteiger partial charge on any atom is -0.493 e. The summed E-state index contributed by atoms with van der Waals surface area (Å²) in [5.74, 6) is 2.56. The second kappa shape index (κ2) is 11.3. The van der Waals surface area contributed by atoms with Crippen molar-refractivity contribution in [2.24, 2.45) is 11.8 Å². The van der Waals surface area contributed by atoms with Gasteiger partial charge in [0.2, 0.25) is 5.91 Å². The highest BCUT2D eigenvalue weighted by Gasteiger charge is 2.25. The van der Waals surface area contributed by atoms with Gasteiger partial charge in [0.05, 0.1) is 14.2 Å². The minimum absolute atomic E-state index is 0. The van der Waals surface area contributed by atoms with Gasteiger partial charge in [-0.2, -0.15) is 0 Å². The van der Waals surface area contributed by atoms with Crippen LogP contribution >= 0.6 is 12.4 Å². The zero-order chi connectivity index (χ0) is 18.2. The Balaban J connectivity index is 0.00000338. The van der Waals surface area contributed by atoms with Gasteiger partial charge in [-0.3, -0.25) is 9.69 Å². The lowest BCUT2D eigenvalue weighted by molar-refractivity contribution is -0.126. The first kappa shape index (κ1) is 22.6. The lowest BCUT2D eigenvalue weighted by Gasteiger charge is -2.31. The normalized spacial score (nSPS) is 15.4. The monoisotopic (exact) mass is 384 g/mol. The van der Waals surface area contributed by atoms with Crippen molar-refractivity contribution in [3.63, 3.8) is 0 Å². The third kappa shape index (κ3) is 6.36. The van der Waals surface area contributed by atoms with E-state index in [0.717, 1.165) is 62.5 Å². The van der Waals surface area contributed by atoms with Crippen LogP contribution in [0.5, 0.6) is 11.5 Å². The van der Waals surface area contributed by atoms with E-state index in [9.17, 15) is 4.79 Å². The van der Waals surface area contributed by atoms with Gasteiger partial charge < -0.3 is 14.8 Å². The molecule has 0 spiro atoms. The summed E-state index contributed by atoms with van der Waals surface area (Å²) in [7, 11) is 3.33. The van der Waals surface area contributed by atoms with Crippen LogP contribution in [0, 0.1) is 11.8 Å². The van der Waals surface area contributed by atoms with Crippen LogP contribution in [-0.4, -0.2) is 44.7 Å². The molecule has 1 heterocycles. The number of hydrogen-bond acceptors (Lipinski definition) is 4. The number of nitrogens with zero attached hydrogens (tertiary/aromatic N) is 1. The average Bonchev–Trinajstić information content (AvgIpc) is 2.61. The molecule has 1 aliphatic heterocycles. The number of halogens is 1. The Bertz CT molecular complexity index is 558. The van der Waals surface area contributed by atoms with Crippen LogP contribution in [0.1, 0.15) is 38.7 Å². The van der Waals surface area contributed by atoms with Gasteiger partial charge >= 0.3 is 0 Å². The fourth-order valence-corrected chi connectivity index (χ4v) is 3.30. The molecule has 1 N–H and O–H groups in total. The SMILES string of the molecule is COc1cccc(CN2CCC(C(=O)NCCC(C)C)CC2)c1OC.Cl. The number of nitrogens with one attached hydrogen (secondary N) is 1. The average molecular weight is 385 g/mol. The molecule has 0 bridgehead atoms. The van der Waals surface area contributed by atoms with Gasteiger partial charge in [0.1, 0.15) is 0 Å². The molecule has 1 fully saturated rings. The second-order valence-corrected chi connectivity index (χ2v) is 7.18. The van der Waals surface area contributed by atoms with Gasteiger partial charge in [-0.15, -0.1) is 12.4 Å². The van der Waals surface area contributed by atoms with Gasteiger partial charge in [-0.05, 0) is 44.3 Å². The zero-order valence-corrected chi connectivity index (χ0v) is 17.2. The van der Waals surface area contributed by atoms with E-state index in [0.29, 0.717) is 5.92 Å². The van der Waals surface area contributed by atoms with Crippen molar-refractivity contribution in [1.29, 1.82) is 0 Å². The smallest absolute Gasteiger partial charge is 0.223 e. The van der Waals surface area contributed by atoms with Crippen molar-refractivity contribution < 1.29 is 14.3 Å². The van der Waals surface area contributed by atoms with E-state index < -0.39 is 0 Å². The number of amides is 1. The number of ether oxygens (including phenoxy) is 2. The molecule has 1 aromatic rings. The Hall–Kier alpha value is -1.46. The molecule has 1 aliphatic rings. The first-order valence-electron chi connectivity index (χ1n) is 9.25. The third-order valence-electron chi connectivity index (χ3n) is 4.86. The van der Waals surface area contributed by atoms with Gasteiger partial charge in [0, 0.05) is 24.6 Å². The van der Waals surface area contributed by atoms with Crippen LogP contribution in [0.4, 0.5) is 0 Å². The molecular formula is C20H33ClN2O3. The maximum Gasteiger partial charge on any atom is 0.223 e. The Morgan fingerprint density at radius 1 is 1.23 bits per heavy atom. The minimum atomic E-state index is 0. The highest BCUT2D eigenvalue weighted by Crippen LogP contribution is 2.32. The number of piperidine rings is 1. The number of para-hydroxylation sites is 1. The van der Waals surface area contributed by atoms with E-state index in [1.807, 2.05) is 12.1 Å². The van der Waals surface area contributed by atoms with Crippen molar-refractivity contribution in [3.05, 3.63) is 23.8 Å². The summed E-state index contributed by atoms with van der Waals surface area (Å²) in [5.41, 5.74) is 1.13. The molecular weight excluding hydrogens is 352 g/mol. The molecule has 5 nitrogen and oxygen atoms in total. The summed E-state index contributed by atoms with van der Waals surface area (Å²) in [6.07, 6.45) is 2.87. The first-order chi connectivity index (χ1) is 12.0. The quantitative estimate of drug-likeness (QED) is 0.745. The summed E-state index contributed by atoms with van der Waals surface area (Å²) in [6.45, 7) is 7.83. The Kier molecular flexibility index (Phi) is 9.81. The van der Waals surface area contributed by atoms with Crippen LogP contribution in [0.15, 0.2) is 18.2 Å². The number of rotatable bonds is 8. The third-order valence-corrected chi connectivity index (χ3v) is 4.86. The molecule has 0 aliphatic carbocycles. The highest BCUT2D eigenvalue weighted by atomic mass is 35.5. The molecule has 0 atom stereocenters. The van der Waals surface area contributed by atoms with E-state index in [4.69, 9.17) is 9.47 Å². The van der Waals surface area contributed by atoms with Crippen molar-refractivity contribution in [2.75, 3.05) is 33.9 Å². The number of likely N-dealkylation sites (tertiary alicyclic amines) is 1. The molecule has 26 heavy (non-hydrogen) atoms. The van der Waals surface area contributed by atoms with E-state index in [2.05, 4.69) is 30.1 Å². The molecule has 1 aromatic carbocycles. The lowest BCUT2D eigenvalue weighted by atomic mass is 9.95. The van der Waals surface area contributed by atoms with Crippen molar-refractivity contribution >= 4 is 18.3 Å². The molecule has 1 saturated heterocycles. The first-order valence-corrected chi connectivity index (χ1v) is 9.25. The molecule has 6 heteroatoms. The summed E-state index contributed by atoms with van der Waals surface area (Å²) in [6, 6.07) is 5.98. The largest absolute Gasteiger partial charge is 0.493 e. The standard InChI is InChI=1S/C20H32N2O3.ClH/c1-15(2)8-11-21-20(23)16-9-12-22(13-10-16)14-17-6-5-7-18(24-3)19(17)25-4;/h5-7,15-16H,8-14H2,1-4H3,(H,21,23);1H. The fraction of sp³-hybridized carbons (Fsp3) is 0.650. The second-order valence-electron chi connectivity index (χ2n) is 7.18. The van der Waals surface area contributed by atoms with E-state index in [-0.39, 0.29) is 24.2 Å². The van der Waals surface area contributed by atoms with Gasteiger partial charge in [0.15, 0.2) is 11.5 Å². The molecule has 1 amide bonds. The predicted molar refractivity (Wildman–Crippen MR) is 107 cm³/mol. The van der Waals surface area contributed by atoms with Crippen LogP contribution in [-0.2, 0) is 11.3 Å². The van der Waals surface area contributed by atoms with Crippen molar-refractivity contribution in [1.82, 2.24) is 10.2 Å². The van der Waals surface area contributed by atoms with Crippen LogP contribution in [0.25, 0.3) is 0 Å². The van der Waals surface area contributed by atoms with E-state index >= 15 is 0 Å². The van der Waals surface area contributed by atoms with E-state index in [1.54, 1.807) is 14.2 Å². The topological polar surface area (TPSA) is 50.8 Å². The molecule has 2 rings (SSSR count). The van der Waals surface area contributed by atoms with Gasteiger partial charge in [-0.25, -0.2) is 0 Å². The van der Waals surface area contributed by atoms with Crippen LogP contribution in [0.2, 0.25) is 0 Å². The zero-order valence-electron chi connectivity index (χ0n) is 16.4. The highest BCUT2D eigenvalue weighted by molar-refractivity contribution is 5.85. The number of carbonyl (C=O) groups excluding carboxylic acids is 1. The van der Waals surface area contributed by atoms with Crippen LogP contribution in [0.3, 0.4) is 0 Å². The molecule has 0 unspecified atom stereocenters. The summed E-state index contributed by atoms with van der Waals surface area (Å²) in [5, 5.41) is 3.09. The Labute approximate surface area is 163 Å². The van der Waals surface area contributed by atoms with Gasteiger partial charge in [-0.1, -0.05) is 26.0 Å². The summed E-state index contributed by atoms with van der Waals surface area (Å²) in [4.78, 5) is 14.6. The van der Waals surface area contributed by atoms with Crippen molar-refractivity contribution in [2.45, 2.75) is 39.7 Å². The summed E-state index contributed by atoms with van der Waals surface area (Å²) >= 11 is 0. The fourth-order valence-electron chi connectivity index (χ4n) is 3.30. The Morgan fingerprint density at radius 3 is 2.50 bits per heavy atom. The number of hydrogen-bond donors (Lipinski definition) is 1. The van der Waals surface area contributed by atoms with E-state index in [1.165, 1.54) is 0 Å². The molecule has 0 aromatic heterocycles. The molecule has 0 radical (unpaired) electrons. The van der Waals surface area contributed by atoms with Gasteiger partial charge in [0.25, 0.3) is 0 Å². The Morgan fingerprint density at radius 2 is 1.92 bits per heavy atom. The number of benzene rings is 1. The summed E-state index contributed by atoms with van der Waals surface area (Å²) < 4.78 is 10.9. The maximum atomic E-state index is 12.3. The van der Waals surface area contributed by atoms with Crippen LogP contribution < -0.4 is 14.8 Å². The molecule has 0 saturated carbocycles. The molecule has 148 valence electrons.